The van der Waals surface area contributed by atoms with Crippen LogP contribution in [0, 0.1) is 5.82 Å². The van der Waals surface area contributed by atoms with Crippen molar-refractivity contribution in [2.45, 2.75) is 12.5 Å². The average molecular weight is 382 g/mol. The number of carbonyl (C=O) groups excluding carboxylic acids is 1. The Morgan fingerprint density at radius 2 is 2.15 bits per heavy atom. The van der Waals surface area contributed by atoms with Gasteiger partial charge >= 0.3 is 0 Å². The van der Waals surface area contributed by atoms with Crippen molar-refractivity contribution in [1.29, 1.82) is 0 Å². The molecular formula is C21H19FN2O2S. The van der Waals surface area contributed by atoms with Crippen molar-refractivity contribution in [1.82, 2.24) is 10.3 Å². The van der Waals surface area contributed by atoms with Crippen molar-refractivity contribution in [2.24, 2.45) is 0 Å². The molecule has 0 fully saturated rings. The second-order valence-electron chi connectivity index (χ2n) is 6.54. The lowest BCUT2D eigenvalue weighted by molar-refractivity contribution is -0.118. The Morgan fingerprint density at radius 1 is 1.30 bits per heavy atom. The molecule has 1 aromatic heterocycles. The number of hydrogen-bond donors (Lipinski definition) is 1. The summed E-state index contributed by atoms with van der Waals surface area (Å²) in [7, 11) is 0. The van der Waals surface area contributed by atoms with Crippen LogP contribution in [0.1, 0.15) is 5.56 Å². The molecule has 0 unspecified atom stereocenters. The van der Waals surface area contributed by atoms with Crippen LogP contribution in [0.5, 0.6) is 5.75 Å². The first-order chi connectivity index (χ1) is 13.1. The quantitative estimate of drug-likeness (QED) is 0.729. The van der Waals surface area contributed by atoms with Gasteiger partial charge in [0, 0.05) is 29.1 Å². The number of thioether (sulfide) groups is 1. The molecule has 1 atom stereocenters. The summed E-state index contributed by atoms with van der Waals surface area (Å²) in [4.78, 5) is 16.1. The smallest absolute Gasteiger partial charge is 0.230 e. The number of halogens is 1. The fourth-order valence-electron chi connectivity index (χ4n) is 3.31. The third-order valence-electron chi connectivity index (χ3n) is 4.58. The molecule has 1 aliphatic rings. The van der Waals surface area contributed by atoms with Gasteiger partial charge in [-0.3, -0.25) is 9.78 Å². The number of nitrogens with one attached hydrogen (secondary N) is 1. The fourth-order valence-corrected chi connectivity index (χ4v) is 3.67. The number of fused-ring (bicyclic) bond motifs is 2. The van der Waals surface area contributed by atoms with Crippen LogP contribution in [0.15, 0.2) is 48.7 Å². The largest absolute Gasteiger partial charge is 0.485 e. The Balaban J connectivity index is 1.56. The number of rotatable bonds is 5. The molecule has 138 valence electrons. The summed E-state index contributed by atoms with van der Waals surface area (Å²) in [5.74, 6) is 0.281. The summed E-state index contributed by atoms with van der Waals surface area (Å²) < 4.78 is 20.3. The number of amides is 1. The van der Waals surface area contributed by atoms with E-state index in [-0.39, 0.29) is 23.6 Å². The van der Waals surface area contributed by atoms with E-state index in [1.54, 1.807) is 6.20 Å². The van der Waals surface area contributed by atoms with Crippen LogP contribution in [-0.4, -0.2) is 35.5 Å². The number of nitrogens with zero attached hydrogens (tertiary/aromatic N) is 1. The number of benzene rings is 2. The van der Waals surface area contributed by atoms with Gasteiger partial charge in [-0.1, -0.05) is 18.2 Å². The summed E-state index contributed by atoms with van der Waals surface area (Å²) >= 11 is 1.46. The van der Waals surface area contributed by atoms with Gasteiger partial charge < -0.3 is 10.1 Å². The molecule has 0 radical (unpaired) electrons. The van der Waals surface area contributed by atoms with Crippen LogP contribution in [0.3, 0.4) is 0 Å². The van der Waals surface area contributed by atoms with E-state index in [1.165, 1.54) is 17.8 Å². The molecule has 4 nitrogen and oxygen atoms in total. The van der Waals surface area contributed by atoms with Crippen molar-refractivity contribution in [2.75, 3.05) is 18.6 Å². The Kier molecular flexibility index (Phi) is 4.99. The highest BCUT2D eigenvalue weighted by Gasteiger charge is 2.27. The lowest BCUT2D eigenvalue weighted by Gasteiger charge is -2.11. The Labute approximate surface area is 161 Å². The molecule has 0 bridgehead atoms. The van der Waals surface area contributed by atoms with E-state index < -0.39 is 0 Å². The van der Waals surface area contributed by atoms with Crippen LogP contribution in [-0.2, 0) is 11.2 Å². The predicted octanol–water partition coefficient (Wildman–Crippen LogP) is 3.82. The van der Waals surface area contributed by atoms with E-state index in [9.17, 15) is 9.18 Å². The summed E-state index contributed by atoms with van der Waals surface area (Å²) in [6.07, 6.45) is 3.96. The highest BCUT2D eigenvalue weighted by molar-refractivity contribution is 7.99. The van der Waals surface area contributed by atoms with Gasteiger partial charge in [0.05, 0.1) is 17.8 Å². The standard InChI is InChI=1S/C21H19FN2O2S/c1-27-12-20(25)24-11-17-8-15-7-14(9-18(22)21(15)26-17)16-6-13-4-2-3-5-19(13)23-10-16/h2-7,9-10,17H,8,11-12H2,1H3,(H,24,25)/t17-/m0/s1. The first-order valence-electron chi connectivity index (χ1n) is 8.74. The van der Waals surface area contributed by atoms with Gasteiger partial charge in [0.2, 0.25) is 5.91 Å². The molecule has 4 rings (SSSR count). The summed E-state index contributed by atoms with van der Waals surface area (Å²) in [5, 5.41) is 3.84. The summed E-state index contributed by atoms with van der Waals surface area (Å²) in [6, 6.07) is 13.3. The lowest BCUT2D eigenvalue weighted by Crippen LogP contribution is -2.35. The molecule has 3 aromatic rings. The first kappa shape index (κ1) is 17.8. The third-order valence-corrected chi connectivity index (χ3v) is 5.13. The van der Waals surface area contributed by atoms with Crippen molar-refractivity contribution < 1.29 is 13.9 Å². The molecule has 0 spiro atoms. The van der Waals surface area contributed by atoms with Gasteiger partial charge in [0.1, 0.15) is 6.10 Å². The molecule has 2 heterocycles. The first-order valence-corrected chi connectivity index (χ1v) is 10.1. The topological polar surface area (TPSA) is 51.2 Å². The molecule has 2 aromatic carbocycles. The molecule has 0 saturated heterocycles. The number of pyridine rings is 1. The van der Waals surface area contributed by atoms with E-state index in [2.05, 4.69) is 10.3 Å². The average Bonchev–Trinajstić information content (AvgIpc) is 3.10. The summed E-state index contributed by atoms with van der Waals surface area (Å²) in [5.41, 5.74) is 3.38. The zero-order valence-corrected chi connectivity index (χ0v) is 15.7. The molecule has 0 aliphatic carbocycles. The number of ether oxygens (including phenoxy) is 1. The molecule has 0 saturated carbocycles. The molecule has 27 heavy (non-hydrogen) atoms. The van der Waals surface area contributed by atoms with Gasteiger partial charge in [0.25, 0.3) is 0 Å². The number of hydrogen-bond acceptors (Lipinski definition) is 4. The van der Waals surface area contributed by atoms with Crippen LogP contribution >= 0.6 is 11.8 Å². The minimum atomic E-state index is -0.381. The number of para-hydroxylation sites is 1. The Morgan fingerprint density at radius 3 is 3.00 bits per heavy atom. The maximum Gasteiger partial charge on any atom is 0.230 e. The number of carbonyl (C=O) groups is 1. The van der Waals surface area contributed by atoms with Gasteiger partial charge in [-0.2, -0.15) is 11.8 Å². The van der Waals surface area contributed by atoms with E-state index >= 15 is 0 Å². The highest BCUT2D eigenvalue weighted by atomic mass is 32.2. The minimum Gasteiger partial charge on any atom is -0.485 e. The highest BCUT2D eigenvalue weighted by Crippen LogP contribution is 2.36. The minimum absolute atomic E-state index is 0.0366. The van der Waals surface area contributed by atoms with Crippen molar-refractivity contribution >= 4 is 28.6 Å². The van der Waals surface area contributed by atoms with Crippen LogP contribution in [0.25, 0.3) is 22.0 Å². The zero-order valence-electron chi connectivity index (χ0n) is 14.9. The maximum atomic E-state index is 14.6. The van der Waals surface area contributed by atoms with E-state index in [4.69, 9.17) is 4.74 Å². The maximum absolute atomic E-state index is 14.6. The molecular weight excluding hydrogens is 363 g/mol. The molecule has 1 amide bonds. The lowest BCUT2D eigenvalue weighted by atomic mass is 10.0. The van der Waals surface area contributed by atoms with E-state index in [0.717, 1.165) is 27.6 Å². The number of aromatic nitrogens is 1. The van der Waals surface area contributed by atoms with Crippen molar-refractivity contribution in [3.05, 3.63) is 60.0 Å². The van der Waals surface area contributed by atoms with Crippen LogP contribution in [0.4, 0.5) is 4.39 Å². The predicted molar refractivity (Wildman–Crippen MR) is 107 cm³/mol. The van der Waals surface area contributed by atoms with Crippen molar-refractivity contribution in [3.8, 4) is 16.9 Å². The molecule has 1 aliphatic heterocycles. The normalized spacial score (nSPS) is 15.4. The van der Waals surface area contributed by atoms with Crippen LogP contribution < -0.4 is 10.1 Å². The molecule has 1 N–H and O–H groups in total. The van der Waals surface area contributed by atoms with E-state index in [0.29, 0.717) is 18.7 Å². The van der Waals surface area contributed by atoms with E-state index in [1.807, 2.05) is 42.7 Å². The monoisotopic (exact) mass is 382 g/mol. The van der Waals surface area contributed by atoms with Crippen molar-refractivity contribution in [3.63, 3.8) is 0 Å². The van der Waals surface area contributed by atoms with Gasteiger partial charge in [0.15, 0.2) is 11.6 Å². The fraction of sp³-hybridized carbons (Fsp3) is 0.238. The Bertz CT molecular complexity index is 1010. The second-order valence-corrected chi connectivity index (χ2v) is 7.41. The zero-order chi connectivity index (χ0) is 18.8. The Hall–Kier alpha value is -2.60. The summed E-state index contributed by atoms with van der Waals surface area (Å²) in [6.45, 7) is 0.375. The van der Waals surface area contributed by atoms with Crippen LogP contribution in [0.2, 0.25) is 0 Å². The SMILES string of the molecule is CSCC(=O)NC[C@@H]1Cc2cc(-c3cnc4ccccc4c3)cc(F)c2O1. The van der Waals surface area contributed by atoms with Gasteiger partial charge in [-0.15, -0.1) is 0 Å². The second kappa shape index (κ2) is 7.56. The third kappa shape index (κ3) is 3.76. The van der Waals surface area contributed by atoms with Gasteiger partial charge in [-0.25, -0.2) is 4.39 Å². The molecule has 6 heteroatoms. The van der Waals surface area contributed by atoms with Gasteiger partial charge in [-0.05, 0) is 36.1 Å².